The van der Waals surface area contributed by atoms with Crippen molar-refractivity contribution in [2.24, 2.45) is 11.1 Å². The number of amides is 2. The van der Waals surface area contributed by atoms with E-state index in [0.717, 1.165) is 5.56 Å². The van der Waals surface area contributed by atoms with Gasteiger partial charge in [0.2, 0.25) is 6.79 Å². The van der Waals surface area contributed by atoms with Gasteiger partial charge in [-0.2, -0.15) is 0 Å². The second-order valence-corrected chi connectivity index (χ2v) is 9.41. The number of anilines is 1. The van der Waals surface area contributed by atoms with Gasteiger partial charge >= 0.3 is 0 Å². The number of nitrogens with zero attached hydrogens (tertiary/aromatic N) is 2. The number of rotatable bonds is 8. The van der Waals surface area contributed by atoms with Crippen LogP contribution in [0.2, 0.25) is 0 Å². The molecule has 0 unspecified atom stereocenters. The van der Waals surface area contributed by atoms with Gasteiger partial charge in [-0.15, -0.1) is 0 Å². The molecule has 0 saturated carbocycles. The number of para-hydroxylation sites is 1. The number of fused-ring (bicyclic) bond motifs is 1. The Balaban J connectivity index is 1.60. The molecule has 3 N–H and O–H groups in total. The number of nitrogens with two attached hydrogens (primary N) is 1. The summed E-state index contributed by atoms with van der Waals surface area (Å²) in [6.45, 7) is 8.70. The van der Waals surface area contributed by atoms with E-state index in [-0.39, 0.29) is 30.6 Å². The highest BCUT2D eigenvalue weighted by molar-refractivity contribution is 6.05. The van der Waals surface area contributed by atoms with Crippen LogP contribution in [-0.4, -0.2) is 41.8 Å². The normalized spacial score (nSPS) is 12.5. The standard InChI is InChI=1S/C26H30N4O5/c1-16-23(17(2)35-29-16)25(32)30(14-26(3,4)13-27)12-19-7-5-6-8-20(19)28-24(31)18-9-10-21-22(11-18)34-15-33-21/h5-11H,12-15,27H2,1-4H3,(H,28,31). The lowest BCUT2D eigenvalue weighted by Crippen LogP contribution is -2.42. The Morgan fingerprint density at radius 2 is 1.86 bits per heavy atom. The first kappa shape index (κ1) is 24.3. The lowest BCUT2D eigenvalue weighted by Gasteiger charge is -2.32. The molecule has 2 aromatic carbocycles. The Labute approximate surface area is 204 Å². The van der Waals surface area contributed by atoms with Crippen LogP contribution in [0.5, 0.6) is 11.5 Å². The van der Waals surface area contributed by atoms with Crippen molar-refractivity contribution in [3.8, 4) is 11.5 Å². The summed E-state index contributed by atoms with van der Waals surface area (Å²) in [6.07, 6.45) is 0. The van der Waals surface area contributed by atoms with Crippen LogP contribution < -0.4 is 20.5 Å². The summed E-state index contributed by atoms with van der Waals surface area (Å²) in [5.74, 6) is 1.12. The molecule has 35 heavy (non-hydrogen) atoms. The highest BCUT2D eigenvalue weighted by Gasteiger charge is 2.29. The van der Waals surface area contributed by atoms with E-state index < -0.39 is 0 Å². The molecule has 184 valence electrons. The van der Waals surface area contributed by atoms with E-state index in [9.17, 15) is 9.59 Å². The van der Waals surface area contributed by atoms with Crippen molar-refractivity contribution in [3.05, 3.63) is 70.6 Å². The number of carbonyl (C=O) groups is 2. The van der Waals surface area contributed by atoms with Gasteiger partial charge in [0, 0.05) is 24.3 Å². The second kappa shape index (κ2) is 9.79. The molecule has 0 bridgehead atoms. The molecule has 2 amide bonds. The summed E-state index contributed by atoms with van der Waals surface area (Å²) in [7, 11) is 0. The Kier molecular flexibility index (Phi) is 6.79. The monoisotopic (exact) mass is 478 g/mol. The maximum atomic E-state index is 13.6. The minimum Gasteiger partial charge on any atom is -0.454 e. The van der Waals surface area contributed by atoms with Crippen molar-refractivity contribution in [1.29, 1.82) is 0 Å². The van der Waals surface area contributed by atoms with Gasteiger partial charge in [0.15, 0.2) is 11.5 Å². The minimum atomic E-state index is -0.320. The zero-order valence-electron chi connectivity index (χ0n) is 20.4. The molecular formula is C26H30N4O5. The number of benzene rings is 2. The number of hydrogen-bond acceptors (Lipinski definition) is 7. The first-order chi connectivity index (χ1) is 16.7. The fraction of sp³-hybridized carbons (Fsp3) is 0.346. The van der Waals surface area contributed by atoms with Gasteiger partial charge in [0.05, 0.1) is 5.69 Å². The quantitative estimate of drug-likeness (QED) is 0.504. The zero-order chi connectivity index (χ0) is 25.2. The van der Waals surface area contributed by atoms with Gasteiger partial charge in [-0.1, -0.05) is 37.2 Å². The minimum absolute atomic E-state index is 0.136. The molecule has 9 nitrogen and oxygen atoms in total. The lowest BCUT2D eigenvalue weighted by molar-refractivity contribution is 0.0671. The van der Waals surface area contributed by atoms with Gasteiger partial charge in [-0.3, -0.25) is 9.59 Å². The van der Waals surface area contributed by atoms with Crippen LogP contribution in [0.25, 0.3) is 0 Å². The van der Waals surface area contributed by atoms with Crippen LogP contribution in [0.1, 0.15) is 51.6 Å². The average molecular weight is 479 g/mol. The van der Waals surface area contributed by atoms with Crippen LogP contribution in [0.15, 0.2) is 47.0 Å². The molecule has 1 aromatic heterocycles. The SMILES string of the molecule is Cc1noc(C)c1C(=O)N(Cc1ccccc1NC(=O)c1ccc2c(c1)OCO2)CC(C)(C)CN. The summed E-state index contributed by atoms with van der Waals surface area (Å²) >= 11 is 0. The Morgan fingerprint density at radius 3 is 2.57 bits per heavy atom. The van der Waals surface area contributed by atoms with Gasteiger partial charge in [-0.25, -0.2) is 0 Å². The van der Waals surface area contributed by atoms with Gasteiger partial charge in [0.25, 0.3) is 11.8 Å². The van der Waals surface area contributed by atoms with E-state index in [2.05, 4.69) is 10.5 Å². The molecule has 9 heteroatoms. The third-order valence-corrected chi connectivity index (χ3v) is 5.97. The number of ether oxygens (including phenoxy) is 2. The Bertz CT molecular complexity index is 1230. The largest absolute Gasteiger partial charge is 0.454 e. The molecule has 0 aliphatic carbocycles. The summed E-state index contributed by atoms with van der Waals surface area (Å²) in [4.78, 5) is 28.3. The topological polar surface area (TPSA) is 120 Å². The first-order valence-corrected chi connectivity index (χ1v) is 11.4. The van der Waals surface area contributed by atoms with Crippen molar-refractivity contribution >= 4 is 17.5 Å². The molecule has 2 heterocycles. The fourth-order valence-electron chi connectivity index (χ4n) is 3.95. The molecule has 0 fully saturated rings. The molecule has 1 aliphatic rings. The van der Waals surface area contributed by atoms with Crippen LogP contribution in [0.4, 0.5) is 5.69 Å². The highest BCUT2D eigenvalue weighted by Crippen LogP contribution is 2.33. The van der Waals surface area contributed by atoms with Crippen LogP contribution in [0.3, 0.4) is 0 Å². The smallest absolute Gasteiger partial charge is 0.259 e. The van der Waals surface area contributed by atoms with E-state index in [1.165, 1.54) is 0 Å². The summed E-state index contributed by atoms with van der Waals surface area (Å²) in [5.41, 5.74) is 8.48. The molecule has 1 aliphatic heterocycles. The summed E-state index contributed by atoms with van der Waals surface area (Å²) in [5, 5.41) is 6.90. The van der Waals surface area contributed by atoms with E-state index >= 15 is 0 Å². The van der Waals surface area contributed by atoms with Crippen molar-refractivity contribution in [2.75, 3.05) is 25.2 Å². The fourth-order valence-corrected chi connectivity index (χ4v) is 3.95. The number of aryl methyl sites for hydroxylation is 2. The van der Waals surface area contributed by atoms with Crippen molar-refractivity contribution in [3.63, 3.8) is 0 Å². The van der Waals surface area contributed by atoms with Crippen molar-refractivity contribution in [1.82, 2.24) is 10.1 Å². The molecule has 0 radical (unpaired) electrons. The number of aromatic nitrogens is 1. The first-order valence-electron chi connectivity index (χ1n) is 11.4. The third-order valence-electron chi connectivity index (χ3n) is 5.97. The molecule has 4 rings (SSSR count). The molecule has 0 atom stereocenters. The Hall–Kier alpha value is -3.85. The number of nitrogens with one attached hydrogen (secondary N) is 1. The van der Waals surface area contributed by atoms with E-state index in [1.54, 1.807) is 36.9 Å². The van der Waals surface area contributed by atoms with Crippen molar-refractivity contribution < 1.29 is 23.6 Å². The predicted molar refractivity (Wildman–Crippen MR) is 131 cm³/mol. The van der Waals surface area contributed by atoms with E-state index in [0.29, 0.717) is 52.9 Å². The van der Waals surface area contributed by atoms with Gasteiger partial charge in [-0.05, 0) is 55.6 Å². The average Bonchev–Trinajstić information content (AvgIpc) is 3.44. The summed E-state index contributed by atoms with van der Waals surface area (Å²) in [6, 6.07) is 12.5. The zero-order valence-corrected chi connectivity index (χ0v) is 20.4. The van der Waals surface area contributed by atoms with E-state index in [4.69, 9.17) is 19.7 Å². The maximum Gasteiger partial charge on any atom is 0.259 e. The van der Waals surface area contributed by atoms with E-state index in [1.807, 2.05) is 38.1 Å². The van der Waals surface area contributed by atoms with Gasteiger partial charge in [0.1, 0.15) is 11.3 Å². The lowest BCUT2D eigenvalue weighted by atomic mass is 9.92. The maximum absolute atomic E-state index is 13.6. The highest BCUT2D eigenvalue weighted by atomic mass is 16.7. The molecule has 3 aromatic rings. The third kappa shape index (κ3) is 5.30. The molecular weight excluding hydrogens is 448 g/mol. The second-order valence-electron chi connectivity index (χ2n) is 9.41. The molecule has 0 saturated heterocycles. The van der Waals surface area contributed by atoms with Crippen LogP contribution in [-0.2, 0) is 6.54 Å². The van der Waals surface area contributed by atoms with Crippen LogP contribution in [0, 0.1) is 19.3 Å². The van der Waals surface area contributed by atoms with Crippen LogP contribution >= 0.6 is 0 Å². The number of carbonyl (C=O) groups excluding carboxylic acids is 2. The van der Waals surface area contributed by atoms with Crippen molar-refractivity contribution in [2.45, 2.75) is 34.2 Å². The number of hydrogen-bond donors (Lipinski definition) is 2. The van der Waals surface area contributed by atoms with Gasteiger partial charge < -0.3 is 29.9 Å². The predicted octanol–water partition coefficient (Wildman–Crippen LogP) is 3.90. The molecule has 0 spiro atoms. The summed E-state index contributed by atoms with van der Waals surface area (Å²) < 4.78 is 15.9. The Morgan fingerprint density at radius 1 is 1.11 bits per heavy atom.